The topological polar surface area (TPSA) is 20.2 Å². The van der Waals surface area contributed by atoms with Crippen molar-refractivity contribution in [3.05, 3.63) is 81.8 Å². The van der Waals surface area contributed by atoms with Gasteiger partial charge in [-0.3, -0.25) is 0 Å². The number of aliphatic hydroxyl groups is 1. The molecule has 0 bridgehead atoms. The second-order valence-electron chi connectivity index (χ2n) is 4.72. The minimum atomic E-state index is -1.36. The fraction of sp³-hybridized carbons (Fsp3) is 0.0588. The lowest BCUT2D eigenvalue weighted by Gasteiger charge is -2.16. The maximum Gasteiger partial charge on any atom is 0.132 e. The van der Waals surface area contributed by atoms with E-state index in [9.17, 15) is 13.9 Å². The summed E-state index contributed by atoms with van der Waals surface area (Å²) in [5.41, 5.74) is 0.141. The Hall–Kier alpha value is -1.78. The first kappa shape index (κ1) is 14.2. The van der Waals surface area contributed by atoms with Crippen molar-refractivity contribution in [2.24, 2.45) is 0 Å². The van der Waals surface area contributed by atoms with Gasteiger partial charge in [0.1, 0.15) is 17.7 Å². The Morgan fingerprint density at radius 3 is 2.10 bits per heavy atom. The van der Waals surface area contributed by atoms with Gasteiger partial charge in [0.25, 0.3) is 0 Å². The van der Waals surface area contributed by atoms with E-state index in [4.69, 9.17) is 0 Å². The highest BCUT2D eigenvalue weighted by atomic mass is 79.9. The monoisotopic (exact) mass is 348 g/mol. The van der Waals surface area contributed by atoms with Gasteiger partial charge >= 0.3 is 0 Å². The van der Waals surface area contributed by atoms with Crippen molar-refractivity contribution in [1.82, 2.24) is 0 Å². The van der Waals surface area contributed by atoms with E-state index in [2.05, 4.69) is 15.9 Å². The number of halogens is 3. The van der Waals surface area contributed by atoms with Gasteiger partial charge in [-0.25, -0.2) is 8.78 Å². The van der Waals surface area contributed by atoms with Gasteiger partial charge in [0.15, 0.2) is 0 Å². The molecule has 0 saturated carbocycles. The van der Waals surface area contributed by atoms with E-state index in [1.165, 1.54) is 6.07 Å². The molecule has 3 aromatic rings. The van der Waals surface area contributed by atoms with Gasteiger partial charge in [-0.1, -0.05) is 52.3 Å². The second-order valence-corrected chi connectivity index (χ2v) is 5.57. The molecule has 106 valence electrons. The van der Waals surface area contributed by atoms with Crippen LogP contribution in [-0.2, 0) is 0 Å². The quantitative estimate of drug-likeness (QED) is 0.693. The van der Waals surface area contributed by atoms with Gasteiger partial charge in [-0.2, -0.15) is 0 Å². The third kappa shape index (κ3) is 2.45. The highest BCUT2D eigenvalue weighted by molar-refractivity contribution is 9.10. The third-order valence-electron chi connectivity index (χ3n) is 3.47. The molecular formula is C17H11BrF2O. The van der Waals surface area contributed by atoms with E-state index >= 15 is 0 Å². The number of fused-ring (bicyclic) bond motifs is 1. The van der Waals surface area contributed by atoms with Crippen LogP contribution in [0.15, 0.2) is 59.1 Å². The molecule has 0 fully saturated rings. The zero-order valence-corrected chi connectivity index (χ0v) is 12.4. The van der Waals surface area contributed by atoms with Crippen LogP contribution in [0.4, 0.5) is 8.78 Å². The van der Waals surface area contributed by atoms with Gasteiger partial charge in [-0.15, -0.1) is 0 Å². The fourth-order valence-corrected chi connectivity index (χ4v) is 2.93. The van der Waals surface area contributed by atoms with Crippen molar-refractivity contribution in [3.63, 3.8) is 0 Å². The minimum absolute atomic E-state index is 0.329. The molecule has 1 N–H and O–H groups in total. The second kappa shape index (κ2) is 5.54. The molecule has 0 aromatic heterocycles. The summed E-state index contributed by atoms with van der Waals surface area (Å²) in [4.78, 5) is 0. The maximum atomic E-state index is 13.9. The Kier molecular flexibility index (Phi) is 3.74. The zero-order chi connectivity index (χ0) is 15.0. The van der Waals surface area contributed by atoms with Crippen molar-refractivity contribution in [3.8, 4) is 0 Å². The van der Waals surface area contributed by atoms with E-state index in [1.54, 1.807) is 12.1 Å². The van der Waals surface area contributed by atoms with Gasteiger partial charge in [0, 0.05) is 4.47 Å². The standard InChI is InChI=1S/C17H11BrF2O/c18-13-9-8-12(10-4-1-2-5-11(10)13)17(21)16-14(19)6-3-7-15(16)20/h1-9,17,21H. The third-order valence-corrected chi connectivity index (χ3v) is 4.16. The lowest BCUT2D eigenvalue weighted by atomic mass is 9.95. The van der Waals surface area contributed by atoms with Crippen LogP contribution < -0.4 is 0 Å². The van der Waals surface area contributed by atoms with Crippen LogP contribution in [0.3, 0.4) is 0 Å². The molecule has 0 radical (unpaired) electrons. The fourth-order valence-electron chi connectivity index (χ4n) is 2.45. The van der Waals surface area contributed by atoms with Gasteiger partial charge in [-0.05, 0) is 34.5 Å². The zero-order valence-electron chi connectivity index (χ0n) is 10.9. The summed E-state index contributed by atoms with van der Waals surface area (Å²) < 4.78 is 28.6. The molecule has 0 saturated heterocycles. The van der Waals surface area contributed by atoms with E-state index in [-0.39, 0.29) is 5.56 Å². The Morgan fingerprint density at radius 2 is 1.43 bits per heavy atom. The lowest BCUT2D eigenvalue weighted by Crippen LogP contribution is -2.06. The molecule has 0 aliphatic heterocycles. The number of aliphatic hydroxyl groups excluding tert-OH is 1. The molecule has 3 aromatic carbocycles. The average molecular weight is 349 g/mol. The highest BCUT2D eigenvalue weighted by Crippen LogP contribution is 2.34. The SMILES string of the molecule is OC(c1c(F)cccc1F)c1ccc(Br)c2ccccc12. The van der Waals surface area contributed by atoms with Crippen molar-refractivity contribution in [1.29, 1.82) is 0 Å². The Bertz CT molecular complexity index is 797. The number of hydrogen-bond acceptors (Lipinski definition) is 1. The van der Waals surface area contributed by atoms with E-state index in [1.807, 2.05) is 24.3 Å². The van der Waals surface area contributed by atoms with Crippen LogP contribution in [0.25, 0.3) is 10.8 Å². The summed E-state index contributed by atoms with van der Waals surface area (Å²) in [6.45, 7) is 0. The first-order chi connectivity index (χ1) is 10.1. The largest absolute Gasteiger partial charge is 0.383 e. The predicted octanol–water partition coefficient (Wildman–Crippen LogP) is 4.96. The molecule has 1 nitrogen and oxygen atoms in total. The van der Waals surface area contributed by atoms with Crippen molar-refractivity contribution >= 4 is 26.7 Å². The molecule has 3 rings (SSSR count). The lowest BCUT2D eigenvalue weighted by molar-refractivity contribution is 0.210. The molecule has 21 heavy (non-hydrogen) atoms. The van der Waals surface area contributed by atoms with Crippen LogP contribution in [-0.4, -0.2) is 5.11 Å². The number of hydrogen-bond donors (Lipinski definition) is 1. The molecule has 0 spiro atoms. The minimum Gasteiger partial charge on any atom is -0.383 e. The molecule has 0 heterocycles. The molecule has 0 aliphatic rings. The maximum absolute atomic E-state index is 13.9. The molecule has 1 atom stereocenters. The molecule has 0 amide bonds. The molecule has 0 aliphatic carbocycles. The molecular weight excluding hydrogens is 338 g/mol. The van der Waals surface area contributed by atoms with Crippen LogP contribution >= 0.6 is 15.9 Å². The molecule has 4 heteroatoms. The van der Waals surface area contributed by atoms with Crippen molar-refractivity contribution in [2.45, 2.75) is 6.10 Å². The number of rotatable bonds is 2. The Labute approximate surface area is 129 Å². The summed E-state index contributed by atoms with van der Waals surface area (Å²) in [6.07, 6.45) is -1.36. The summed E-state index contributed by atoms with van der Waals surface area (Å²) in [5, 5.41) is 12.1. The van der Waals surface area contributed by atoms with Crippen LogP contribution in [0, 0.1) is 11.6 Å². The summed E-state index contributed by atoms with van der Waals surface area (Å²) in [5.74, 6) is -1.51. The van der Waals surface area contributed by atoms with E-state index < -0.39 is 17.7 Å². The predicted molar refractivity (Wildman–Crippen MR) is 82.1 cm³/mol. The first-order valence-electron chi connectivity index (χ1n) is 6.38. The number of benzene rings is 3. The summed E-state index contributed by atoms with van der Waals surface area (Å²) >= 11 is 3.44. The van der Waals surface area contributed by atoms with Gasteiger partial charge < -0.3 is 5.11 Å². The first-order valence-corrected chi connectivity index (χ1v) is 7.18. The van der Waals surface area contributed by atoms with Gasteiger partial charge in [0.05, 0.1) is 5.56 Å². The average Bonchev–Trinajstić information content (AvgIpc) is 2.47. The van der Waals surface area contributed by atoms with Crippen LogP contribution in [0.2, 0.25) is 0 Å². The summed E-state index contributed by atoms with van der Waals surface area (Å²) in [7, 11) is 0. The Balaban J connectivity index is 2.23. The van der Waals surface area contributed by atoms with Crippen LogP contribution in [0.5, 0.6) is 0 Å². The van der Waals surface area contributed by atoms with Crippen molar-refractivity contribution in [2.75, 3.05) is 0 Å². The summed E-state index contributed by atoms with van der Waals surface area (Å²) in [6, 6.07) is 14.4. The van der Waals surface area contributed by atoms with Crippen LogP contribution in [0.1, 0.15) is 17.2 Å². The van der Waals surface area contributed by atoms with Crippen molar-refractivity contribution < 1.29 is 13.9 Å². The van der Waals surface area contributed by atoms with E-state index in [0.717, 1.165) is 27.4 Å². The highest BCUT2D eigenvalue weighted by Gasteiger charge is 2.21. The smallest absolute Gasteiger partial charge is 0.132 e. The van der Waals surface area contributed by atoms with Gasteiger partial charge in [0.2, 0.25) is 0 Å². The molecule has 1 unspecified atom stereocenters. The Morgan fingerprint density at radius 1 is 0.810 bits per heavy atom. The normalized spacial score (nSPS) is 12.6. The van der Waals surface area contributed by atoms with E-state index in [0.29, 0.717) is 5.56 Å².